The Hall–Kier alpha value is -0.570. The van der Waals surface area contributed by atoms with E-state index in [9.17, 15) is 4.79 Å². The van der Waals surface area contributed by atoms with Gasteiger partial charge in [0.1, 0.15) is 5.76 Å². The van der Waals surface area contributed by atoms with Crippen molar-refractivity contribution in [1.82, 2.24) is 0 Å². The molecule has 2 nitrogen and oxygen atoms in total. The lowest BCUT2D eigenvalue weighted by Crippen LogP contribution is -2.20. The molecule has 0 radical (unpaired) electrons. The van der Waals surface area contributed by atoms with Gasteiger partial charge in [-0.05, 0) is 41.1 Å². The van der Waals surface area contributed by atoms with E-state index in [0.29, 0.717) is 0 Å². The van der Waals surface area contributed by atoms with Crippen LogP contribution < -0.4 is 0 Å². The number of ketones is 1. The van der Waals surface area contributed by atoms with Gasteiger partial charge in [-0.2, -0.15) is 0 Å². The number of carbonyl (C=O) groups is 1. The second-order valence-corrected chi connectivity index (χ2v) is 5.30. The maximum absolute atomic E-state index is 11.9. The third-order valence-corrected chi connectivity index (χ3v) is 4.23. The molecule has 3 heteroatoms. The van der Waals surface area contributed by atoms with E-state index in [1.807, 2.05) is 6.92 Å². The van der Waals surface area contributed by atoms with E-state index in [1.54, 1.807) is 0 Å². The predicted molar refractivity (Wildman–Crippen MR) is 55.5 cm³/mol. The molecule has 0 N–H and O–H groups in total. The fourth-order valence-electron chi connectivity index (χ4n) is 2.39. The molecule has 0 aromatic carbocycles. The molecule has 2 aliphatic carbocycles. The van der Waals surface area contributed by atoms with Crippen LogP contribution in [0.5, 0.6) is 0 Å². The van der Waals surface area contributed by atoms with Crippen LogP contribution in [0, 0.1) is 12.3 Å². The molecule has 0 unspecified atom stereocenters. The van der Waals surface area contributed by atoms with Gasteiger partial charge < -0.3 is 4.42 Å². The fourth-order valence-corrected chi connectivity index (χ4v) is 2.79. The van der Waals surface area contributed by atoms with E-state index in [1.165, 1.54) is 12.8 Å². The Balaban J connectivity index is 2.14. The van der Waals surface area contributed by atoms with Crippen molar-refractivity contribution in [3.8, 4) is 0 Å². The first-order chi connectivity index (χ1) is 6.61. The fraction of sp³-hybridized carbons (Fsp3) is 0.545. The van der Waals surface area contributed by atoms with Crippen molar-refractivity contribution in [2.24, 2.45) is 5.41 Å². The lowest BCUT2D eigenvalue weighted by molar-refractivity contribution is 0.0935. The maximum Gasteiger partial charge on any atom is 0.173 e. The van der Waals surface area contributed by atoms with E-state index in [0.717, 1.165) is 34.4 Å². The smallest absolute Gasteiger partial charge is 0.173 e. The number of hydrogen-bond donors (Lipinski definition) is 0. The zero-order valence-electron chi connectivity index (χ0n) is 8.02. The zero-order valence-corrected chi connectivity index (χ0v) is 9.61. The summed E-state index contributed by atoms with van der Waals surface area (Å²) in [6, 6.07) is 0. The predicted octanol–water partition coefficient (Wildman–Crippen LogP) is 3.26. The number of halogens is 1. The summed E-state index contributed by atoms with van der Waals surface area (Å²) in [5.74, 6) is 1.18. The van der Waals surface area contributed by atoms with Gasteiger partial charge >= 0.3 is 0 Å². The topological polar surface area (TPSA) is 30.2 Å². The summed E-state index contributed by atoms with van der Waals surface area (Å²) in [4.78, 5) is 11.9. The molecule has 2 aliphatic rings. The highest BCUT2D eigenvalue weighted by atomic mass is 79.9. The van der Waals surface area contributed by atoms with Gasteiger partial charge in [0.15, 0.2) is 10.5 Å². The average Bonchev–Trinajstić information content (AvgIpc) is 2.76. The van der Waals surface area contributed by atoms with Crippen LogP contribution in [0.4, 0.5) is 0 Å². The molecule has 0 atom stereocenters. The van der Waals surface area contributed by atoms with Gasteiger partial charge in [-0.3, -0.25) is 4.79 Å². The molecule has 0 bridgehead atoms. The Morgan fingerprint density at radius 1 is 1.36 bits per heavy atom. The SMILES string of the molecule is Cc1c(Br)oc2c1C(=O)CC1(CC1)C2. The Bertz CT molecular complexity index is 427. The van der Waals surface area contributed by atoms with Gasteiger partial charge in [-0.25, -0.2) is 0 Å². The van der Waals surface area contributed by atoms with Crippen LogP contribution in [0.25, 0.3) is 0 Å². The second kappa shape index (κ2) is 2.51. The molecule has 74 valence electrons. The summed E-state index contributed by atoms with van der Waals surface area (Å²) in [5, 5.41) is 0. The molecule has 1 saturated carbocycles. The summed E-state index contributed by atoms with van der Waals surface area (Å²) >= 11 is 3.34. The van der Waals surface area contributed by atoms with Crippen molar-refractivity contribution >= 4 is 21.7 Å². The first kappa shape index (κ1) is 8.72. The summed E-state index contributed by atoms with van der Waals surface area (Å²) < 4.78 is 6.31. The molecule has 0 aliphatic heterocycles. The third-order valence-electron chi connectivity index (χ3n) is 3.47. The van der Waals surface area contributed by atoms with Crippen LogP contribution in [0.15, 0.2) is 9.09 Å². The van der Waals surface area contributed by atoms with E-state index in [2.05, 4.69) is 15.9 Å². The van der Waals surface area contributed by atoms with Gasteiger partial charge in [0.05, 0.1) is 5.56 Å². The first-order valence-corrected chi connectivity index (χ1v) is 5.72. The Morgan fingerprint density at radius 3 is 2.71 bits per heavy atom. The number of rotatable bonds is 0. The number of furan rings is 1. The molecule has 1 aromatic rings. The van der Waals surface area contributed by atoms with Gasteiger partial charge in [-0.15, -0.1) is 0 Å². The highest BCUT2D eigenvalue weighted by Gasteiger charge is 2.49. The van der Waals surface area contributed by atoms with E-state index >= 15 is 0 Å². The molecule has 14 heavy (non-hydrogen) atoms. The molecule has 3 rings (SSSR count). The zero-order chi connectivity index (χ0) is 9.92. The normalized spacial score (nSPS) is 22.6. The average molecular weight is 255 g/mol. The molecular formula is C11H11BrO2. The van der Waals surface area contributed by atoms with Crippen molar-refractivity contribution in [3.05, 3.63) is 21.6 Å². The number of hydrogen-bond acceptors (Lipinski definition) is 2. The highest BCUT2D eigenvalue weighted by molar-refractivity contribution is 9.10. The van der Waals surface area contributed by atoms with Gasteiger partial charge in [0, 0.05) is 18.4 Å². The molecule has 0 saturated heterocycles. The van der Waals surface area contributed by atoms with Gasteiger partial charge in [-0.1, -0.05) is 0 Å². The number of fused-ring (bicyclic) bond motifs is 1. The third kappa shape index (κ3) is 1.05. The van der Waals surface area contributed by atoms with E-state index < -0.39 is 0 Å². The number of carbonyl (C=O) groups excluding carboxylic acids is 1. The minimum Gasteiger partial charge on any atom is -0.453 e. The largest absolute Gasteiger partial charge is 0.453 e. The minimum absolute atomic E-state index is 0.274. The van der Waals surface area contributed by atoms with Crippen LogP contribution in [0.3, 0.4) is 0 Å². The Kier molecular flexibility index (Phi) is 1.56. The van der Waals surface area contributed by atoms with Gasteiger partial charge in [0.2, 0.25) is 0 Å². The monoisotopic (exact) mass is 254 g/mol. The summed E-state index contributed by atoms with van der Waals surface area (Å²) in [6.45, 7) is 1.94. The molecular weight excluding hydrogens is 244 g/mol. The molecule has 0 amide bonds. The quantitative estimate of drug-likeness (QED) is 0.712. The van der Waals surface area contributed by atoms with Crippen molar-refractivity contribution in [1.29, 1.82) is 0 Å². The Morgan fingerprint density at radius 2 is 2.07 bits per heavy atom. The number of Topliss-reactive ketones (excluding diaryl/α,β-unsaturated/α-hetero) is 1. The maximum atomic E-state index is 11.9. The minimum atomic E-state index is 0.274. The summed E-state index contributed by atoms with van der Waals surface area (Å²) in [5.41, 5.74) is 2.10. The van der Waals surface area contributed by atoms with E-state index in [-0.39, 0.29) is 11.2 Å². The van der Waals surface area contributed by atoms with Crippen molar-refractivity contribution in [3.63, 3.8) is 0 Å². The first-order valence-electron chi connectivity index (χ1n) is 4.92. The lowest BCUT2D eigenvalue weighted by atomic mass is 9.83. The summed E-state index contributed by atoms with van der Waals surface area (Å²) in [6.07, 6.45) is 4.07. The van der Waals surface area contributed by atoms with Gasteiger partial charge in [0.25, 0.3) is 0 Å². The highest BCUT2D eigenvalue weighted by Crippen LogP contribution is 2.55. The van der Waals surface area contributed by atoms with Crippen molar-refractivity contribution < 1.29 is 9.21 Å². The van der Waals surface area contributed by atoms with Crippen LogP contribution in [-0.2, 0) is 6.42 Å². The van der Waals surface area contributed by atoms with E-state index in [4.69, 9.17) is 4.42 Å². The van der Waals surface area contributed by atoms with Crippen molar-refractivity contribution in [2.75, 3.05) is 0 Å². The van der Waals surface area contributed by atoms with Crippen LogP contribution in [-0.4, -0.2) is 5.78 Å². The molecule has 1 heterocycles. The van der Waals surface area contributed by atoms with Crippen molar-refractivity contribution in [2.45, 2.75) is 32.6 Å². The molecule has 1 aromatic heterocycles. The molecule has 1 spiro atoms. The molecule has 1 fully saturated rings. The lowest BCUT2D eigenvalue weighted by Gasteiger charge is -2.18. The standard InChI is InChI=1S/C11H11BrO2/c1-6-9-7(13)4-11(2-3-11)5-8(9)14-10(6)12/h2-5H2,1H3. The van der Waals surface area contributed by atoms with Crippen LogP contribution in [0.1, 0.15) is 40.9 Å². The Labute approximate surface area is 90.8 Å². The van der Waals surface area contributed by atoms with Crippen LogP contribution in [0.2, 0.25) is 0 Å². The summed E-state index contributed by atoms with van der Waals surface area (Å²) in [7, 11) is 0. The second-order valence-electron chi connectivity index (χ2n) is 4.58. The van der Waals surface area contributed by atoms with Crippen LogP contribution >= 0.6 is 15.9 Å².